The highest BCUT2D eigenvalue weighted by molar-refractivity contribution is 5.75. The van der Waals surface area contributed by atoms with Gasteiger partial charge in [0, 0.05) is 46.5 Å². The zero-order chi connectivity index (χ0) is 14.9. The molecule has 0 aliphatic carbocycles. The Kier molecular flexibility index (Phi) is 7.21. The lowest BCUT2D eigenvalue weighted by molar-refractivity contribution is -0.0402. The monoisotopic (exact) mass is 301 g/mol. The molecule has 0 saturated carbocycles. The van der Waals surface area contributed by atoms with Crippen molar-refractivity contribution in [1.82, 2.24) is 15.1 Å². The Bertz CT molecular complexity index is 305. The first-order valence-electron chi connectivity index (χ1n) is 7.73. The molecule has 0 aromatic heterocycles. The fraction of sp³-hybridized carbons (Fsp3) is 0.929. The lowest BCUT2D eigenvalue weighted by atomic mass is 10.2. The molecular weight excluding hydrogens is 274 g/mol. The number of nitrogens with zero attached hydrogens (tertiary/aromatic N) is 2. The Morgan fingerprint density at radius 1 is 1.29 bits per heavy atom. The number of rotatable bonds is 8. The molecule has 0 bridgehead atoms. The molecule has 7 heteroatoms. The molecule has 7 nitrogen and oxygen atoms in total. The van der Waals surface area contributed by atoms with Crippen LogP contribution in [-0.4, -0.2) is 94.7 Å². The quantitative estimate of drug-likeness (QED) is 0.627. The van der Waals surface area contributed by atoms with E-state index in [2.05, 4.69) is 10.2 Å². The van der Waals surface area contributed by atoms with E-state index in [9.17, 15) is 4.79 Å². The molecule has 2 rings (SSSR count). The van der Waals surface area contributed by atoms with Gasteiger partial charge in [0.2, 0.25) is 0 Å². The van der Waals surface area contributed by atoms with Crippen molar-refractivity contribution in [1.29, 1.82) is 0 Å². The Balaban J connectivity index is 1.46. The number of nitrogens with one attached hydrogen (secondary N) is 1. The minimum Gasteiger partial charge on any atom is -0.385 e. The number of carbonyl (C=O) groups is 1. The van der Waals surface area contributed by atoms with Crippen molar-refractivity contribution in [2.24, 2.45) is 0 Å². The number of methoxy groups -OCH3 is 1. The van der Waals surface area contributed by atoms with Gasteiger partial charge >= 0.3 is 6.03 Å². The summed E-state index contributed by atoms with van der Waals surface area (Å²) in [4.78, 5) is 16.0. The van der Waals surface area contributed by atoms with Gasteiger partial charge in [-0.05, 0) is 6.42 Å². The van der Waals surface area contributed by atoms with E-state index in [-0.39, 0.29) is 12.1 Å². The van der Waals surface area contributed by atoms with Crippen LogP contribution < -0.4 is 5.32 Å². The number of carbonyl (C=O) groups excluding carboxylic acids is 1. The molecule has 0 unspecified atom stereocenters. The van der Waals surface area contributed by atoms with Crippen molar-refractivity contribution < 1.29 is 19.0 Å². The van der Waals surface area contributed by atoms with Crippen LogP contribution in [0.4, 0.5) is 4.79 Å². The smallest absolute Gasteiger partial charge is 0.317 e. The summed E-state index contributed by atoms with van der Waals surface area (Å²) in [7, 11) is 1.69. The van der Waals surface area contributed by atoms with Gasteiger partial charge < -0.3 is 24.4 Å². The first-order valence-corrected chi connectivity index (χ1v) is 7.73. The van der Waals surface area contributed by atoms with Gasteiger partial charge in [0.05, 0.1) is 32.4 Å². The summed E-state index contributed by atoms with van der Waals surface area (Å²) in [5, 5.41) is 2.96. The highest BCUT2D eigenvalue weighted by Gasteiger charge is 2.30. The van der Waals surface area contributed by atoms with E-state index in [4.69, 9.17) is 14.2 Å². The van der Waals surface area contributed by atoms with E-state index in [0.29, 0.717) is 26.2 Å². The van der Waals surface area contributed by atoms with Gasteiger partial charge in [-0.2, -0.15) is 0 Å². The maximum absolute atomic E-state index is 11.9. The number of morpholine rings is 1. The summed E-state index contributed by atoms with van der Waals surface area (Å²) in [6, 6.07) is 0.0139. The number of likely N-dealkylation sites (tertiary alicyclic amines) is 1. The topological polar surface area (TPSA) is 63.3 Å². The summed E-state index contributed by atoms with van der Waals surface area (Å²) < 4.78 is 15.9. The lowest BCUT2D eigenvalue weighted by Crippen LogP contribution is -2.58. The third kappa shape index (κ3) is 5.78. The van der Waals surface area contributed by atoms with Crippen molar-refractivity contribution >= 4 is 6.03 Å². The number of amides is 2. The van der Waals surface area contributed by atoms with Crippen molar-refractivity contribution in [3.05, 3.63) is 0 Å². The van der Waals surface area contributed by atoms with Crippen LogP contribution in [0.3, 0.4) is 0 Å². The van der Waals surface area contributed by atoms with E-state index >= 15 is 0 Å². The van der Waals surface area contributed by atoms with Crippen LogP contribution >= 0.6 is 0 Å². The van der Waals surface area contributed by atoms with Crippen LogP contribution in [0, 0.1) is 0 Å². The number of urea groups is 1. The molecular formula is C14H27N3O4. The van der Waals surface area contributed by atoms with Gasteiger partial charge in [-0.3, -0.25) is 4.90 Å². The zero-order valence-corrected chi connectivity index (χ0v) is 12.9. The molecule has 2 aliphatic rings. The molecule has 2 heterocycles. The summed E-state index contributed by atoms with van der Waals surface area (Å²) in [5.74, 6) is 0. The highest BCUT2D eigenvalue weighted by atomic mass is 16.5. The second-order valence-corrected chi connectivity index (χ2v) is 5.43. The van der Waals surface area contributed by atoms with Crippen LogP contribution in [0.15, 0.2) is 0 Å². The van der Waals surface area contributed by atoms with Gasteiger partial charge in [0.25, 0.3) is 0 Å². The summed E-state index contributed by atoms with van der Waals surface area (Å²) in [6.45, 7) is 7.88. The minimum atomic E-state index is 0.0139. The first-order chi connectivity index (χ1) is 10.3. The zero-order valence-electron chi connectivity index (χ0n) is 12.9. The predicted octanol–water partition coefficient (Wildman–Crippen LogP) is -0.234. The second kappa shape index (κ2) is 9.19. The lowest BCUT2D eigenvalue weighted by Gasteiger charge is -2.39. The van der Waals surface area contributed by atoms with Crippen LogP contribution in [0.5, 0.6) is 0 Å². The summed E-state index contributed by atoms with van der Waals surface area (Å²) in [5.41, 5.74) is 0. The fourth-order valence-electron chi connectivity index (χ4n) is 2.42. The predicted molar refractivity (Wildman–Crippen MR) is 78.5 cm³/mol. The van der Waals surface area contributed by atoms with Crippen molar-refractivity contribution in [3.63, 3.8) is 0 Å². The third-order valence-corrected chi connectivity index (χ3v) is 3.79. The number of ether oxygens (including phenoxy) is 3. The van der Waals surface area contributed by atoms with Crippen molar-refractivity contribution in [3.8, 4) is 0 Å². The summed E-state index contributed by atoms with van der Waals surface area (Å²) in [6.07, 6.45) is 1.09. The van der Waals surface area contributed by atoms with E-state index in [1.807, 2.05) is 0 Å². The molecule has 2 aliphatic heterocycles. The SMILES string of the molecule is COCCCOC1CN(C(=O)NCCN2CCOCC2)C1. The standard InChI is InChI=1S/C14H27N3O4/c1-19-7-2-8-21-13-11-17(12-13)14(18)15-3-4-16-5-9-20-10-6-16/h13H,2-12H2,1H3,(H,15,18). The maximum Gasteiger partial charge on any atom is 0.317 e. The van der Waals surface area contributed by atoms with Crippen molar-refractivity contribution in [2.75, 3.05) is 72.8 Å². The number of hydrogen-bond donors (Lipinski definition) is 1. The molecule has 0 radical (unpaired) electrons. The molecule has 0 aromatic rings. The van der Waals surface area contributed by atoms with Gasteiger partial charge in [-0.1, -0.05) is 0 Å². The van der Waals surface area contributed by atoms with Crippen LogP contribution in [-0.2, 0) is 14.2 Å². The molecule has 21 heavy (non-hydrogen) atoms. The molecule has 2 fully saturated rings. The van der Waals surface area contributed by atoms with E-state index < -0.39 is 0 Å². The number of hydrogen-bond acceptors (Lipinski definition) is 5. The van der Waals surface area contributed by atoms with E-state index in [0.717, 1.165) is 45.9 Å². The average molecular weight is 301 g/mol. The largest absolute Gasteiger partial charge is 0.385 e. The van der Waals surface area contributed by atoms with Crippen molar-refractivity contribution in [2.45, 2.75) is 12.5 Å². The second-order valence-electron chi connectivity index (χ2n) is 5.43. The third-order valence-electron chi connectivity index (χ3n) is 3.79. The van der Waals surface area contributed by atoms with Crippen LogP contribution in [0.2, 0.25) is 0 Å². The van der Waals surface area contributed by atoms with Gasteiger partial charge in [-0.15, -0.1) is 0 Å². The maximum atomic E-state index is 11.9. The Hall–Kier alpha value is -0.890. The highest BCUT2D eigenvalue weighted by Crippen LogP contribution is 2.11. The molecule has 0 spiro atoms. The fourth-order valence-corrected chi connectivity index (χ4v) is 2.42. The first kappa shape index (κ1) is 16.5. The van der Waals surface area contributed by atoms with E-state index in [1.54, 1.807) is 12.0 Å². The van der Waals surface area contributed by atoms with Gasteiger partial charge in [-0.25, -0.2) is 4.79 Å². The molecule has 2 amide bonds. The van der Waals surface area contributed by atoms with E-state index in [1.165, 1.54) is 0 Å². The summed E-state index contributed by atoms with van der Waals surface area (Å²) >= 11 is 0. The average Bonchev–Trinajstić information content (AvgIpc) is 2.46. The molecule has 1 N–H and O–H groups in total. The molecule has 2 saturated heterocycles. The Labute approximate surface area is 126 Å². The molecule has 0 aromatic carbocycles. The Morgan fingerprint density at radius 2 is 2.05 bits per heavy atom. The van der Waals surface area contributed by atoms with Gasteiger partial charge in [0.15, 0.2) is 0 Å². The normalized spacial score (nSPS) is 20.3. The minimum absolute atomic E-state index is 0.0139. The molecule has 0 atom stereocenters. The van der Waals surface area contributed by atoms with Gasteiger partial charge in [0.1, 0.15) is 0 Å². The van der Waals surface area contributed by atoms with Crippen LogP contribution in [0.25, 0.3) is 0 Å². The Morgan fingerprint density at radius 3 is 2.76 bits per heavy atom. The van der Waals surface area contributed by atoms with Crippen LogP contribution in [0.1, 0.15) is 6.42 Å². The molecule has 122 valence electrons.